The molecule has 6 heteroatoms. The Kier molecular flexibility index (Phi) is 4.22. The van der Waals surface area contributed by atoms with Crippen molar-refractivity contribution in [3.8, 4) is 0 Å². The van der Waals surface area contributed by atoms with E-state index in [9.17, 15) is 0 Å². The van der Waals surface area contributed by atoms with Crippen LogP contribution in [-0.4, -0.2) is 10.1 Å². The molecule has 0 saturated heterocycles. The third-order valence-electron chi connectivity index (χ3n) is 2.64. The summed E-state index contributed by atoms with van der Waals surface area (Å²) >= 11 is 12.2. The Labute approximate surface area is 115 Å². The van der Waals surface area contributed by atoms with Gasteiger partial charge in [-0.05, 0) is 24.1 Å². The van der Waals surface area contributed by atoms with E-state index < -0.39 is 0 Å². The maximum Gasteiger partial charge on any atom is 0.243 e. The van der Waals surface area contributed by atoms with E-state index in [-0.39, 0.29) is 6.04 Å². The molecule has 1 unspecified atom stereocenters. The van der Waals surface area contributed by atoms with E-state index in [0.717, 1.165) is 12.0 Å². The van der Waals surface area contributed by atoms with Crippen LogP contribution < -0.4 is 5.73 Å². The molecule has 0 bridgehead atoms. The molecule has 0 aliphatic carbocycles. The highest BCUT2D eigenvalue weighted by molar-refractivity contribution is 6.36. The second-order valence-corrected chi connectivity index (χ2v) is 4.75. The average molecular weight is 286 g/mol. The first-order valence-corrected chi connectivity index (χ1v) is 6.38. The molecule has 2 N–H and O–H groups in total. The molecule has 1 heterocycles. The molecule has 0 fully saturated rings. The lowest BCUT2D eigenvalue weighted by Crippen LogP contribution is -2.09. The summed E-state index contributed by atoms with van der Waals surface area (Å²) in [5, 5.41) is 5.06. The Hall–Kier alpha value is -1.10. The quantitative estimate of drug-likeness (QED) is 0.935. The minimum absolute atomic E-state index is 0.229. The van der Waals surface area contributed by atoms with Gasteiger partial charge in [0.05, 0.1) is 6.04 Å². The highest BCUT2D eigenvalue weighted by atomic mass is 35.5. The molecule has 1 aromatic heterocycles. The van der Waals surface area contributed by atoms with Crippen molar-refractivity contribution in [3.63, 3.8) is 0 Å². The second kappa shape index (κ2) is 5.69. The van der Waals surface area contributed by atoms with Crippen LogP contribution >= 0.6 is 23.2 Å². The van der Waals surface area contributed by atoms with Gasteiger partial charge in [0.2, 0.25) is 5.89 Å². The van der Waals surface area contributed by atoms with Crippen molar-refractivity contribution in [1.82, 2.24) is 10.1 Å². The molecule has 0 aliphatic heterocycles. The lowest BCUT2D eigenvalue weighted by molar-refractivity contribution is 0.348. The minimum atomic E-state index is -0.229. The lowest BCUT2D eigenvalue weighted by Gasteiger charge is -2.03. The van der Waals surface area contributed by atoms with Crippen LogP contribution in [0.4, 0.5) is 0 Å². The van der Waals surface area contributed by atoms with E-state index in [1.807, 2.05) is 6.92 Å². The summed E-state index contributed by atoms with van der Waals surface area (Å²) in [6.45, 7) is 1.96. The number of hydrogen-bond acceptors (Lipinski definition) is 4. The molecule has 1 aromatic carbocycles. The number of benzene rings is 1. The largest absolute Gasteiger partial charge is 0.338 e. The highest BCUT2D eigenvalue weighted by Crippen LogP contribution is 2.26. The van der Waals surface area contributed by atoms with Gasteiger partial charge in [0.15, 0.2) is 5.82 Å². The summed E-state index contributed by atoms with van der Waals surface area (Å²) in [5.74, 6) is 0.972. The predicted octanol–water partition coefficient (Wildman–Crippen LogP) is 3.38. The third kappa shape index (κ3) is 2.83. The van der Waals surface area contributed by atoms with Gasteiger partial charge >= 0.3 is 0 Å². The average Bonchev–Trinajstić information content (AvgIpc) is 2.81. The topological polar surface area (TPSA) is 64.9 Å². The molecule has 0 saturated carbocycles. The van der Waals surface area contributed by atoms with Crippen molar-refractivity contribution < 1.29 is 4.52 Å². The smallest absolute Gasteiger partial charge is 0.243 e. The monoisotopic (exact) mass is 285 g/mol. The number of aromatic nitrogens is 2. The zero-order valence-electron chi connectivity index (χ0n) is 9.86. The molecule has 2 aromatic rings. The number of hydrogen-bond donors (Lipinski definition) is 1. The van der Waals surface area contributed by atoms with Crippen LogP contribution in [0.3, 0.4) is 0 Å². The lowest BCUT2D eigenvalue weighted by atomic mass is 10.1. The van der Waals surface area contributed by atoms with Crippen LogP contribution in [0.1, 0.15) is 36.7 Å². The molecule has 0 radical (unpaired) electrons. The number of halogens is 2. The Morgan fingerprint density at radius 1 is 1.33 bits per heavy atom. The van der Waals surface area contributed by atoms with Crippen LogP contribution in [0, 0.1) is 0 Å². The third-order valence-corrected chi connectivity index (χ3v) is 3.35. The summed E-state index contributed by atoms with van der Waals surface area (Å²) in [7, 11) is 0. The van der Waals surface area contributed by atoms with Gasteiger partial charge in [-0.2, -0.15) is 4.98 Å². The first-order valence-electron chi connectivity index (χ1n) is 5.62. The van der Waals surface area contributed by atoms with Gasteiger partial charge in [-0.25, -0.2) is 0 Å². The van der Waals surface area contributed by atoms with E-state index in [2.05, 4.69) is 10.1 Å². The molecule has 4 nitrogen and oxygen atoms in total. The summed E-state index contributed by atoms with van der Waals surface area (Å²) in [5.41, 5.74) is 6.60. The van der Waals surface area contributed by atoms with Gasteiger partial charge in [0.1, 0.15) is 0 Å². The summed E-state index contributed by atoms with van der Waals surface area (Å²) < 4.78 is 5.10. The van der Waals surface area contributed by atoms with Gasteiger partial charge in [-0.1, -0.05) is 41.3 Å². The summed E-state index contributed by atoms with van der Waals surface area (Å²) in [6, 6.07) is 5.12. The van der Waals surface area contributed by atoms with E-state index in [0.29, 0.717) is 28.2 Å². The van der Waals surface area contributed by atoms with Crippen LogP contribution in [0.15, 0.2) is 22.7 Å². The molecule has 0 amide bonds. The fourth-order valence-electron chi connectivity index (χ4n) is 1.52. The Morgan fingerprint density at radius 3 is 2.61 bits per heavy atom. The number of nitrogens with zero attached hydrogens (tertiary/aromatic N) is 2. The van der Waals surface area contributed by atoms with Crippen LogP contribution in [0.2, 0.25) is 10.0 Å². The number of nitrogens with two attached hydrogens (primary N) is 1. The van der Waals surface area contributed by atoms with Gasteiger partial charge in [-0.3, -0.25) is 0 Å². The maximum atomic E-state index is 6.08. The van der Waals surface area contributed by atoms with Crippen molar-refractivity contribution >= 4 is 23.2 Å². The van der Waals surface area contributed by atoms with E-state index >= 15 is 0 Å². The first-order chi connectivity index (χ1) is 8.61. The van der Waals surface area contributed by atoms with Gasteiger partial charge in [0, 0.05) is 16.5 Å². The Bertz CT molecular complexity index is 522. The van der Waals surface area contributed by atoms with Crippen molar-refractivity contribution in [2.45, 2.75) is 25.8 Å². The van der Waals surface area contributed by atoms with Crippen LogP contribution in [0.5, 0.6) is 0 Å². The molecular formula is C12H13Cl2N3O. The van der Waals surface area contributed by atoms with Gasteiger partial charge in [-0.15, -0.1) is 0 Å². The minimum Gasteiger partial charge on any atom is -0.338 e. The van der Waals surface area contributed by atoms with E-state index in [1.54, 1.807) is 18.2 Å². The zero-order chi connectivity index (χ0) is 13.1. The van der Waals surface area contributed by atoms with Crippen molar-refractivity contribution in [1.29, 1.82) is 0 Å². The molecule has 2 rings (SSSR count). The molecule has 0 spiro atoms. The Morgan fingerprint density at radius 2 is 2.00 bits per heavy atom. The van der Waals surface area contributed by atoms with Gasteiger partial charge in [0.25, 0.3) is 0 Å². The standard InChI is InChI=1S/C12H13Cl2N3O/c1-2-10(15)12-16-11(17-18-12)6-7-8(13)4-3-5-9(7)14/h3-5,10H,2,6,15H2,1H3. The summed E-state index contributed by atoms with van der Waals surface area (Å²) in [4.78, 5) is 4.24. The van der Waals surface area contributed by atoms with Crippen molar-refractivity contribution in [2.75, 3.05) is 0 Å². The van der Waals surface area contributed by atoms with E-state index in [1.165, 1.54) is 0 Å². The molecule has 96 valence electrons. The maximum absolute atomic E-state index is 6.08. The van der Waals surface area contributed by atoms with Crippen molar-refractivity contribution in [2.24, 2.45) is 5.73 Å². The molecule has 0 aliphatic rings. The molecular weight excluding hydrogens is 273 g/mol. The fourth-order valence-corrected chi connectivity index (χ4v) is 2.05. The van der Waals surface area contributed by atoms with E-state index in [4.69, 9.17) is 33.5 Å². The second-order valence-electron chi connectivity index (χ2n) is 3.94. The summed E-state index contributed by atoms with van der Waals surface area (Å²) in [6.07, 6.45) is 1.17. The molecule has 1 atom stereocenters. The number of rotatable bonds is 4. The Balaban J connectivity index is 2.21. The highest BCUT2D eigenvalue weighted by Gasteiger charge is 2.15. The zero-order valence-corrected chi connectivity index (χ0v) is 11.4. The SMILES string of the molecule is CCC(N)c1nc(Cc2c(Cl)cccc2Cl)no1. The van der Waals surface area contributed by atoms with Crippen molar-refractivity contribution in [3.05, 3.63) is 45.5 Å². The van der Waals surface area contributed by atoms with Crippen LogP contribution in [-0.2, 0) is 6.42 Å². The fraction of sp³-hybridized carbons (Fsp3) is 0.333. The normalized spacial score (nSPS) is 12.7. The van der Waals surface area contributed by atoms with Crippen LogP contribution in [0.25, 0.3) is 0 Å². The molecule has 18 heavy (non-hydrogen) atoms. The van der Waals surface area contributed by atoms with Gasteiger partial charge < -0.3 is 10.3 Å². The first kappa shape index (κ1) is 13.3. The predicted molar refractivity (Wildman–Crippen MR) is 70.8 cm³/mol.